The Labute approximate surface area is 726 Å². The van der Waals surface area contributed by atoms with E-state index in [1.165, 1.54) is 299 Å². The molecule has 0 aromatic heterocycles. The number of nitrogens with zero attached hydrogens (tertiary/aromatic N) is 2. The topological polar surface area (TPSA) is 40.4 Å². The molecule has 0 heterocycles. The highest BCUT2D eigenvalue weighted by Gasteiger charge is 2.41. The average molecular weight is 1860 g/mol. The van der Waals surface area contributed by atoms with Crippen molar-refractivity contribution in [3.8, 4) is 0 Å². The van der Waals surface area contributed by atoms with Crippen LogP contribution in [0, 0.1) is 5.41 Å². The van der Waals surface area contributed by atoms with Gasteiger partial charge in [-0.25, -0.2) is 4.58 Å². The van der Waals surface area contributed by atoms with E-state index >= 15 is 0 Å². The van der Waals surface area contributed by atoms with Crippen molar-refractivity contribution in [2.24, 2.45) is 5.41 Å². The van der Waals surface area contributed by atoms with Crippen molar-refractivity contribution in [2.75, 3.05) is 0 Å². The van der Waals surface area contributed by atoms with E-state index in [-0.39, 0.29) is 24.0 Å². The number of carbonyl (C=O) groups excluding carboxylic acids is 2. The number of hydrogen-bond acceptors (Lipinski definition) is 3. The molecule has 2 aromatic carbocycles. The van der Waals surface area contributed by atoms with Crippen LogP contribution in [0.25, 0.3) is 0 Å². The van der Waals surface area contributed by atoms with Crippen LogP contribution in [0.5, 0.6) is 0 Å². The second kappa shape index (κ2) is 88.9. The van der Waals surface area contributed by atoms with Crippen molar-refractivity contribution in [1.29, 1.82) is 0 Å². The molecule has 0 saturated heterocycles. The molecule has 1 aliphatic rings. The fourth-order valence-electron chi connectivity index (χ4n) is 14.4. The number of carbonyl (C=O) groups is 2. The Morgan fingerprint density at radius 3 is 0.882 bits per heavy atom. The third-order valence-electron chi connectivity index (χ3n) is 21.2. The first-order chi connectivity index (χ1) is 53.2. The molecule has 1 fully saturated rings. The van der Waals surface area contributed by atoms with Gasteiger partial charge in [-0.3, -0.25) is 14.5 Å². The number of halogens is 3. The van der Waals surface area contributed by atoms with Crippen molar-refractivity contribution >= 4 is 54.5 Å². The molecular formula is C103H177I3N2O2. The molecule has 1 saturated carbocycles. The zero-order chi connectivity index (χ0) is 80.3. The van der Waals surface area contributed by atoms with E-state index in [1.54, 1.807) is 0 Å². The van der Waals surface area contributed by atoms with Crippen LogP contribution in [-0.2, 0) is 22.7 Å². The van der Waals surface area contributed by atoms with Gasteiger partial charge in [0.2, 0.25) is 0 Å². The monoisotopic (exact) mass is 1860 g/mol. The molecule has 1 aliphatic carbocycles. The van der Waals surface area contributed by atoms with Crippen molar-refractivity contribution < 1.29 is 38.1 Å². The number of rotatable bonds is 67. The van der Waals surface area contributed by atoms with Crippen LogP contribution < -0.4 is 24.0 Å². The minimum Gasteiger partial charge on any atom is -1.00 e. The van der Waals surface area contributed by atoms with Crippen molar-refractivity contribution in [3.05, 3.63) is 169 Å². The lowest BCUT2D eigenvalue weighted by Crippen LogP contribution is -3.00. The van der Waals surface area contributed by atoms with Gasteiger partial charge in [-0.15, -0.1) is 0 Å². The normalized spacial score (nSPS) is 12.8. The number of Topliss-reactive ketones (excluding diaryl/α,β-unsaturated/α-hetero) is 2. The number of unbranched alkanes of at least 4 members (excludes halogenated alkanes) is 36. The Hall–Kier alpha value is -2.48. The van der Waals surface area contributed by atoms with Gasteiger partial charge in [-0.05, 0) is 207 Å². The van der Waals surface area contributed by atoms with Gasteiger partial charge in [0, 0.05) is 101 Å². The minimum atomic E-state index is 0. The largest absolute Gasteiger partial charge is 1.00 e. The lowest BCUT2D eigenvalue weighted by Gasteiger charge is -2.41. The third kappa shape index (κ3) is 78.1. The van der Waals surface area contributed by atoms with Crippen molar-refractivity contribution in [2.45, 2.75) is 461 Å². The Bertz CT molecular complexity index is 2410. The van der Waals surface area contributed by atoms with E-state index in [0.717, 1.165) is 77.3 Å². The number of ketones is 2. The van der Waals surface area contributed by atoms with Crippen LogP contribution >= 0.6 is 37.2 Å². The molecule has 110 heavy (non-hydrogen) atoms. The van der Waals surface area contributed by atoms with Gasteiger partial charge in [0.05, 0.1) is 0 Å². The van der Waals surface area contributed by atoms with E-state index < -0.39 is 0 Å². The van der Waals surface area contributed by atoms with Gasteiger partial charge in [-0.2, -0.15) is 0 Å². The van der Waals surface area contributed by atoms with Crippen molar-refractivity contribution in [3.63, 3.8) is 0 Å². The summed E-state index contributed by atoms with van der Waals surface area (Å²) >= 11 is 4.24. The van der Waals surface area contributed by atoms with Crippen molar-refractivity contribution in [1.82, 2.24) is 4.90 Å². The highest BCUT2D eigenvalue weighted by Crippen LogP contribution is 2.47. The molecule has 0 atom stereocenters. The third-order valence-corrected chi connectivity index (χ3v) is 21.2. The minimum absolute atomic E-state index is 0. The van der Waals surface area contributed by atoms with Gasteiger partial charge in [-0.1, -0.05) is 353 Å². The zero-order valence-electron chi connectivity index (χ0n) is 74.2. The van der Waals surface area contributed by atoms with Crippen LogP contribution in [-0.4, -0.2) is 44.9 Å². The molecule has 2 aromatic rings. The first-order valence-corrected chi connectivity index (χ1v) is 52.3. The second-order valence-electron chi connectivity index (χ2n) is 32.8. The Balaban J connectivity index is -0.00000151. The molecule has 0 radical (unpaired) electrons. The smallest absolute Gasteiger partial charge is 0.168 e. The molecule has 4 nitrogen and oxygen atoms in total. The summed E-state index contributed by atoms with van der Waals surface area (Å²) in [6, 6.07) is 23.1. The summed E-state index contributed by atoms with van der Waals surface area (Å²) in [5.74, 6) is 1.02. The maximum absolute atomic E-state index is 12.1. The van der Waals surface area contributed by atoms with Gasteiger partial charge in [0.15, 0.2) is 6.54 Å². The summed E-state index contributed by atoms with van der Waals surface area (Å²) in [6.07, 6.45) is 105. The molecule has 3 rings (SSSR count). The number of benzene rings is 2. The summed E-state index contributed by atoms with van der Waals surface area (Å²) in [5, 5.41) is 0. The van der Waals surface area contributed by atoms with Crippen LogP contribution in [0.3, 0.4) is 0 Å². The summed E-state index contributed by atoms with van der Waals surface area (Å²) in [6.45, 7) is 28.9. The van der Waals surface area contributed by atoms with Crippen LogP contribution in [0.1, 0.15) is 441 Å². The predicted octanol–water partition coefficient (Wildman–Crippen LogP) is 31.9. The zero-order valence-corrected chi connectivity index (χ0v) is 80.7. The SMILES string of the molecule is CC(C)=[N+](Cc1ccccc1)C(C)C.CC(C)N(Cc1ccccc1)C(C)C.CCCCC/C=C\C/C=C\CCCCCCCCC(=O)CCCCCCCC/C=C\C/C=C\CCCCC.CCCCC/C=C\C/C=C\CCCCCCCCC1(CCCCCCCC/C=C\C/C=C\CCCCC)CC(=O)C1.II.[I-]. The van der Waals surface area contributed by atoms with Crippen LogP contribution in [0.15, 0.2) is 158 Å². The average Bonchev–Trinajstić information content (AvgIpc) is 0.798. The predicted molar refractivity (Wildman–Crippen MR) is 510 cm³/mol. The first-order valence-electron chi connectivity index (χ1n) is 46.0. The quantitative estimate of drug-likeness (QED) is 0.0218. The number of allylic oxidation sites excluding steroid dienone is 16. The maximum Gasteiger partial charge on any atom is 0.168 e. The Morgan fingerprint density at radius 1 is 0.373 bits per heavy atom. The molecule has 7 heteroatoms. The van der Waals surface area contributed by atoms with E-state index in [9.17, 15) is 9.59 Å². The summed E-state index contributed by atoms with van der Waals surface area (Å²) in [7, 11) is 0. The summed E-state index contributed by atoms with van der Waals surface area (Å²) in [5.41, 5.74) is 4.54. The maximum atomic E-state index is 12.1. The van der Waals surface area contributed by atoms with Gasteiger partial charge < -0.3 is 24.0 Å². The van der Waals surface area contributed by atoms with E-state index in [0.29, 0.717) is 35.1 Å². The van der Waals surface area contributed by atoms with Crippen LogP contribution in [0.4, 0.5) is 0 Å². The van der Waals surface area contributed by atoms with Gasteiger partial charge in [0.1, 0.15) is 23.3 Å². The molecule has 0 bridgehead atoms. The van der Waals surface area contributed by atoms with E-state index in [1.807, 2.05) is 0 Å². The molecule has 0 N–H and O–H groups in total. The molecule has 0 spiro atoms. The van der Waals surface area contributed by atoms with Crippen LogP contribution in [0.2, 0.25) is 0 Å². The molecule has 632 valence electrons. The van der Waals surface area contributed by atoms with E-state index in [4.69, 9.17) is 0 Å². The highest BCUT2D eigenvalue weighted by molar-refractivity contribution is 15.0. The van der Waals surface area contributed by atoms with Gasteiger partial charge >= 0.3 is 0 Å². The highest BCUT2D eigenvalue weighted by atomic mass is 128. The first kappa shape index (κ1) is 112. The summed E-state index contributed by atoms with van der Waals surface area (Å²) in [4.78, 5) is 26.4. The molecular weight excluding hydrogens is 1680 g/mol. The number of hydrogen-bond donors (Lipinski definition) is 0. The fourth-order valence-corrected chi connectivity index (χ4v) is 14.4. The molecule has 0 aliphatic heterocycles. The van der Waals surface area contributed by atoms with Gasteiger partial charge in [0.25, 0.3) is 0 Å². The molecule has 0 amide bonds. The Kier molecular flexibility index (Phi) is 90.2. The Morgan fingerprint density at radius 2 is 0.627 bits per heavy atom. The standard InChI is InChI=1S/C40H70O.C37H66O.C13H21N.C13H20N.I2.HI/c1-3-5-7-9-11-13-15-17-19-21-23-25-27-29-31-33-35-40(37-39(41)38-40)36-34-32-30-28-26-24-22-20-18-16-14-12-10-8-6-4-2;1-3-5-7-9-11-13-15-17-19-21-23-25-27-29-31-33-35-37(38)36-34-32-30-28-26-24-22-20-18-16-14-12-10-8-6-4-2;2*1-11(2)14(12(3)4)10-13-8-6-5-7-9-13;1-2;/h11-14,17-20H,3-10,15-16,21-38H2,1-2H3;11-14,17-20H,3-10,15-16,21-36H2,1-2H3;5-9,11-12H,10H2,1-4H3;5-9,11H,10H2,1-4H3;;1H/q;;;+1;;/p-1/b2*13-11-,14-12-,19-17-,20-18-;;;;. The summed E-state index contributed by atoms with van der Waals surface area (Å²) < 4.78 is 2.41. The lowest BCUT2D eigenvalue weighted by atomic mass is 9.62. The molecule has 0 unspecified atom stereocenters. The fraction of sp³-hybridized carbons (Fsp3) is 0.699. The van der Waals surface area contributed by atoms with E-state index in [2.05, 4.69) is 288 Å². The lowest BCUT2D eigenvalue weighted by molar-refractivity contribution is -0.574. The second-order valence-corrected chi connectivity index (χ2v) is 32.8.